The maximum Gasteiger partial charge on any atom is 0.0206 e. The minimum atomic E-state index is 0.732. The zero-order chi connectivity index (χ0) is 14.8. The highest BCUT2D eigenvalue weighted by Gasteiger charge is 2.15. The van der Waals surface area contributed by atoms with Crippen molar-refractivity contribution in [3.63, 3.8) is 0 Å². The summed E-state index contributed by atoms with van der Waals surface area (Å²) in [5.74, 6) is 0.740. The average Bonchev–Trinajstić information content (AvgIpc) is 2.45. The lowest BCUT2D eigenvalue weighted by Gasteiger charge is -2.32. The van der Waals surface area contributed by atoms with Gasteiger partial charge in [-0.1, -0.05) is 58.0 Å². The lowest BCUT2D eigenvalue weighted by molar-refractivity contribution is 0.166. The predicted octanol–water partition coefficient (Wildman–Crippen LogP) is 3.92. The second-order valence-electron chi connectivity index (χ2n) is 6.02. The largest absolute Gasteiger partial charge is 0.311 e. The summed E-state index contributed by atoms with van der Waals surface area (Å²) in [6.45, 7) is 13.6. The maximum absolute atomic E-state index is 3.57. The Labute approximate surface area is 125 Å². The fraction of sp³-hybridized carbons (Fsp3) is 0.667. The summed E-state index contributed by atoms with van der Waals surface area (Å²) in [7, 11) is 0. The van der Waals surface area contributed by atoms with Crippen molar-refractivity contribution in [1.82, 2.24) is 10.2 Å². The highest BCUT2D eigenvalue weighted by atomic mass is 15.2. The van der Waals surface area contributed by atoms with Crippen molar-refractivity contribution in [1.29, 1.82) is 0 Å². The van der Waals surface area contributed by atoms with Gasteiger partial charge in [0.2, 0.25) is 0 Å². The molecule has 1 aromatic rings. The van der Waals surface area contributed by atoms with Gasteiger partial charge in [0.1, 0.15) is 0 Å². The van der Waals surface area contributed by atoms with Crippen LogP contribution < -0.4 is 5.32 Å². The molecular weight excluding hydrogens is 244 g/mol. The van der Waals surface area contributed by atoms with Crippen LogP contribution in [0.25, 0.3) is 0 Å². The van der Waals surface area contributed by atoms with Gasteiger partial charge in [-0.15, -0.1) is 0 Å². The van der Waals surface area contributed by atoms with Crippen molar-refractivity contribution in [3.8, 4) is 0 Å². The van der Waals surface area contributed by atoms with Gasteiger partial charge in [-0.2, -0.15) is 0 Å². The summed E-state index contributed by atoms with van der Waals surface area (Å²) in [6.07, 6.45) is 2.50. The van der Waals surface area contributed by atoms with E-state index in [0.717, 1.165) is 31.6 Å². The quantitative estimate of drug-likeness (QED) is 0.652. The van der Waals surface area contributed by atoms with E-state index in [2.05, 4.69) is 68.2 Å². The van der Waals surface area contributed by atoms with Gasteiger partial charge in [0.05, 0.1) is 0 Å². The minimum absolute atomic E-state index is 0.732. The molecule has 114 valence electrons. The lowest BCUT2D eigenvalue weighted by Crippen LogP contribution is -2.41. The molecule has 0 unspecified atom stereocenters. The Balaban J connectivity index is 2.34. The van der Waals surface area contributed by atoms with E-state index in [0.29, 0.717) is 0 Å². The van der Waals surface area contributed by atoms with Crippen LogP contribution in [0.15, 0.2) is 30.3 Å². The molecule has 0 atom stereocenters. The van der Waals surface area contributed by atoms with E-state index >= 15 is 0 Å². The van der Waals surface area contributed by atoms with Gasteiger partial charge < -0.3 is 5.32 Å². The van der Waals surface area contributed by atoms with Crippen LogP contribution in [0.1, 0.15) is 46.1 Å². The van der Waals surface area contributed by atoms with E-state index in [1.807, 2.05) is 0 Å². The molecule has 0 radical (unpaired) electrons. The zero-order valence-corrected chi connectivity index (χ0v) is 13.7. The third kappa shape index (κ3) is 6.53. The van der Waals surface area contributed by atoms with Crippen molar-refractivity contribution >= 4 is 0 Å². The van der Waals surface area contributed by atoms with Crippen molar-refractivity contribution in [2.75, 3.05) is 19.6 Å². The summed E-state index contributed by atoms with van der Waals surface area (Å²) < 4.78 is 0. The molecule has 1 N–H and O–H groups in total. The first-order valence-electron chi connectivity index (χ1n) is 8.16. The van der Waals surface area contributed by atoms with Crippen LogP contribution in [0.4, 0.5) is 0 Å². The van der Waals surface area contributed by atoms with Crippen molar-refractivity contribution in [2.45, 2.75) is 53.1 Å². The minimum Gasteiger partial charge on any atom is -0.311 e. The summed E-state index contributed by atoms with van der Waals surface area (Å²) in [4.78, 5) is 2.66. The number of rotatable bonds is 10. The van der Waals surface area contributed by atoms with Gasteiger partial charge in [-0.3, -0.25) is 4.90 Å². The number of hydrogen-bond acceptors (Lipinski definition) is 2. The maximum atomic E-state index is 3.57. The van der Waals surface area contributed by atoms with Crippen molar-refractivity contribution in [3.05, 3.63) is 35.9 Å². The Morgan fingerprint density at radius 1 is 1.05 bits per heavy atom. The highest BCUT2D eigenvalue weighted by molar-refractivity contribution is 5.14. The number of hydrogen-bond donors (Lipinski definition) is 1. The summed E-state index contributed by atoms with van der Waals surface area (Å²) in [5, 5.41) is 3.57. The normalized spacial score (nSPS) is 11.8. The molecule has 0 bridgehead atoms. The van der Waals surface area contributed by atoms with E-state index in [9.17, 15) is 0 Å². The SMILES string of the molecule is CCC(CC)N(CCNCc1ccccc1)CC(C)C. The van der Waals surface area contributed by atoms with Crippen LogP contribution in [0.3, 0.4) is 0 Å². The highest BCUT2D eigenvalue weighted by Crippen LogP contribution is 2.10. The van der Waals surface area contributed by atoms with Crippen molar-refractivity contribution < 1.29 is 0 Å². The molecule has 0 heterocycles. The van der Waals surface area contributed by atoms with Crippen LogP contribution in [0.5, 0.6) is 0 Å². The molecule has 0 saturated heterocycles. The Kier molecular flexibility index (Phi) is 8.56. The van der Waals surface area contributed by atoms with Crippen LogP contribution in [-0.2, 0) is 6.54 Å². The monoisotopic (exact) mass is 276 g/mol. The Bertz CT molecular complexity index is 331. The molecule has 0 aliphatic carbocycles. The molecule has 0 spiro atoms. The van der Waals surface area contributed by atoms with Gasteiger partial charge in [0, 0.05) is 32.2 Å². The molecule has 0 aliphatic rings. The molecule has 0 fully saturated rings. The Morgan fingerprint density at radius 3 is 2.25 bits per heavy atom. The molecule has 2 nitrogen and oxygen atoms in total. The molecule has 0 aliphatic heterocycles. The first-order chi connectivity index (χ1) is 9.67. The van der Waals surface area contributed by atoms with Crippen LogP contribution in [0.2, 0.25) is 0 Å². The van der Waals surface area contributed by atoms with E-state index in [1.165, 1.54) is 24.9 Å². The van der Waals surface area contributed by atoms with E-state index in [-0.39, 0.29) is 0 Å². The average molecular weight is 276 g/mol. The van der Waals surface area contributed by atoms with Gasteiger partial charge >= 0.3 is 0 Å². The number of nitrogens with zero attached hydrogens (tertiary/aromatic N) is 1. The summed E-state index contributed by atoms with van der Waals surface area (Å²) in [6, 6.07) is 11.4. The van der Waals surface area contributed by atoms with Crippen LogP contribution in [0, 0.1) is 5.92 Å². The molecule has 2 heteroatoms. The third-order valence-corrected chi connectivity index (χ3v) is 3.81. The van der Waals surface area contributed by atoms with Crippen LogP contribution in [-0.4, -0.2) is 30.6 Å². The summed E-state index contributed by atoms with van der Waals surface area (Å²) in [5.41, 5.74) is 1.37. The molecule has 1 rings (SSSR count). The first kappa shape index (κ1) is 17.2. The van der Waals surface area contributed by atoms with Gasteiger partial charge in [-0.05, 0) is 24.3 Å². The molecule has 20 heavy (non-hydrogen) atoms. The standard InChI is InChI=1S/C18H32N2/c1-5-18(6-2)20(15-16(3)4)13-12-19-14-17-10-8-7-9-11-17/h7-11,16,18-19H,5-6,12-15H2,1-4H3. The topological polar surface area (TPSA) is 15.3 Å². The molecular formula is C18H32N2. The zero-order valence-electron chi connectivity index (χ0n) is 13.7. The second kappa shape index (κ2) is 9.95. The Hall–Kier alpha value is -0.860. The third-order valence-electron chi connectivity index (χ3n) is 3.81. The number of benzene rings is 1. The predicted molar refractivity (Wildman–Crippen MR) is 88.9 cm³/mol. The molecule has 0 aromatic heterocycles. The molecule has 0 amide bonds. The summed E-state index contributed by atoms with van der Waals surface area (Å²) >= 11 is 0. The van der Waals surface area contributed by atoms with E-state index in [1.54, 1.807) is 0 Å². The first-order valence-corrected chi connectivity index (χ1v) is 8.16. The van der Waals surface area contributed by atoms with Gasteiger partial charge in [-0.25, -0.2) is 0 Å². The number of nitrogens with one attached hydrogen (secondary N) is 1. The van der Waals surface area contributed by atoms with Gasteiger partial charge in [0.15, 0.2) is 0 Å². The molecule has 1 aromatic carbocycles. The van der Waals surface area contributed by atoms with Crippen LogP contribution >= 0.6 is 0 Å². The van der Waals surface area contributed by atoms with Crippen molar-refractivity contribution in [2.24, 2.45) is 5.92 Å². The fourth-order valence-corrected chi connectivity index (χ4v) is 2.75. The fourth-order valence-electron chi connectivity index (χ4n) is 2.75. The van der Waals surface area contributed by atoms with E-state index in [4.69, 9.17) is 0 Å². The van der Waals surface area contributed by atoms with Gasteiger partial charge in [0.25, 0.3) is 0 Å². The molecule has 0 saturated carbocycles. The lowest BCUT2D eigenvalue weighted by atomic mass is 10.1. The smallest absolute Gasteiger partial charge is 0.0206 e. The second-order valence-corrected chi connectivity index (χ2v) is 6.02. The Morgan fingerprint density at radius 2 is 1.70 bits per heavy atom. The van der Waals surface area contributed by atoms with E-state index < -0.39 is 0 Å².